The van der Waals surface area contributed by atoms with E-state index in [-0.39, 0.29) is 19.4 Å². The summed E-state index contributed by atoms with van der Waals surface area (Å²) >= 11 is -2.42. The Morgan fingerprint density at radius 3 is 2.14 bits per heavy atom. The van der Waals surface area contributed by atoms with Crippen LogP contribution in [0.5, 0.6) is 0 Å². The van der Waals surface area contributed by atoms with Gasteiger partial charge in [-0.2, -0.15) is 0 Å². The predicted octanol–water partition coefficient (Wildman–Crippen LogP) is 2.09. The lowest BCUT2D eigenvalue weighted by atomic mass is 10.2. The van der Waals surface area contributed by atoms with Crippen LogP contribution in [0.4, 0.5) is 0 Å². The molecule has 0 bridgehead atoms. The smallest absolute Gasteiger partial charge is 0.698 e. The molecule has 0 radical (unpaired) electrons. The molecule has 0 spiro atoms. The molecular weight excluding hydrogens is 227 g/mol. The average molecular weight is 242 g/mol. The molecule has 84 valence electrons. The van der Waals surface area contributed by atoms with E-state index in [1.54, 1.807) is 20.8 Å². The van der Waals surface area contributed by atoms with Gasteiger partial charge in [-0.05, 0) is 30.8 Å². The number of hydrogen-bond acceptors (Lipinski definition) is 5. The maximum Gasteiger partial charge on any atom is 0.698 e. The van der Waals surface area contributed by atoms with Crippen LogP contribution in [0.3, 0.4) is 0 Å². The lowest BCUT2D eigenvalue weighted by Crippen LogP contribution is -2.34. The van der Waals surface area contributed by atoms with Gasteiger partial charge in [-0.1, -0.05) is 13.8 Å². The third-order valence-electron chi connectivity index (χ3n) is 1.86. The normalized spacial score (nSPS) is 15.3. The van der Waals surface area contributed by atoms with E-state index < -0.39 is 24.3 Å². The molecule has 5 nitrogen and oxygen atoms in total. The van der Waals surface area contributed by atoms with Crippen LogP contribution in [0, 0.1) is 0 Å². The lowest BCUT2D eigenvalue weighted by Gasteiger charge is -2.26. The quantitative estimate of drug-likeness (QED) is 0.504. The molecule has 0 rings (SSSR count). The summed E-state index contributed by atoms with van der Waals surface area (Å²) in [5.74, 6) is 0. The Morgan fingerprint density at radius 2 is 1.86 bits per heavy atom. The molecule has 0 saturated carbocycles. The van der Waals surface area contributed by atoms with Gasteiger partial charge < -0.3 is 4.55 Å². The van der Waals surface area contributed by atoms with E-state index >= 15 is 0 Å². The van der Waals surface area contributed by atoms with Crippen LogP contribution in [0.25, 0.3) is 0 Å². The van der Waals surface area contributed by atoms with Gasteiger partial charge in [0.2, 0.25) is 0 Å². The molecule has 0 aliphatic rings. The van der Waals surface area contributed by atoms with Crippen molar-refractivity contribution in [1.29, 1.82) is 0 Å². The largest absolute Gasteiger partial charge is 0.770 e. The van der Waals surface area contributed by atoms with Gasteiger partial charge in [-0.15, -0.1) is 9.05 Å². The van der Waals surface area contributed by atoms with Crippen molar-refractivity contribution < 1.29 is 22.4 Å². The molecule has 0 heterocycles. The minimum Gasteiger partial charge on any atom is -0.770 e. The molecule has 2 unspecified atom stereocenters. The van der Waals surface area contributed by atoms with Crippen LogP contribution in [0.1, 0.15) is 33.6 Å². The van der Waals surface area contributed by atoms with Gasteiger partial charge in [0.05, 0.1) is 0 Å². The van der Waals surface area contributed by atoms with Gasteiger partial charge in [-0.25, -0.2) is 0 Å². The molecule has 14 heavy (non-hydrogen) atoms. The monoisotopic (exact) mass is 242 g/mol. The lowest BCUT2D eigenvalue weighted by molar-refractivity contribution is 0.119. The fourth-order valence-corrected chi connectivity index (χ4v) is 2.60. The second kappa shape index (κ2) is 6.58. The van der Waals surface area contributed by atoms with Crippen molar-refractivity contribution in [1.82, 2.24) is 0 Å². The van der Waals surface area contributed by atoms with Crippen LogP contribution >= 0.6 is 8.25 Å². The summed E-state index contributed by atoms with van der Waals surface area (Å²) in [7, 11) is -2.36. The van der Waals surface area contributed by atoms with E-state index in [2.05, 4.69) is 4.52 Å². The Morgan fingerprint density at radius 1 is 1.36 bits per heavy atom. The van der Waals surface area contributed by atoms with E-state index in [1.807, 2.05) is 0 Å². The predicted molar refractivity (Wildman–Crippen MR) is 52.6 cm³/mol. The molecule has 2 atom stereocenters. The van der Waals surface area contributed by atoms with Gasteiger partial charge in [0.25, 0.3) is 0 Å². The zero-order chi connectivity index (χ0) is 11.2. The van der Waals surface area contributed by atoms with Crippen molar-refractivity contribution in [2.75, 3.05) is 6.61 Å². The first kappa shape index (κ1) is 14.1. The van der Waals surface area contributed by atoms with Gasteiger partial charge in [0.1, 0.15) is 6.61 Å². The summed E-state index contributed by atoms with van der Waals surface area (Å²) in [5.41, 5.74) is 0. The standard InChI is InChI=1S/C7H15O5PS/c1-4-7(5-2,14(9)10)12-13(8)11-6-3/h4-6H2,1-3H3. The Bertz CT molecular complexity index is 216. The first-order valence-corrected chi connectivity index (χ1v) is 6.58. The Labute approximate surface area is 87.4 Å². The molecule has 0 aliphatic heterocycles. The molecule has 0 N–H and O–H groups in total. The Hall–Kier alpha value is 0.130. The third kappa shape index (κ3) is 3.71. The fourth-order valence-electron chi connectivity index (χ4n) is 0.913. The van der Waals surface area contributed by atoms with E-state index in [0.29, 0.717) is 0 Å². The molecule has 7 heteroatoms. The topological polar surface area (TPSA) is 75.7 Å². The van der Waals surface area contributed by atoms with Crippen LogP contribution in [0.2, 0.25) is 0 Å². The van der Waals surface area contributed by atoms with Gasteiger partial charge in [-0.3, -0.25) is 4.21 Å². The molecule has 0 fully saturated rings. The zero-order valence-corrected chi connectivity index (χ0v) is 10.2. The van der Waals surface area contributed by atoms with Gasteiger partial charge >= 0.3 is 8.25 Å². The molecule has 0 amide bonds. The summed E-state index contributed by atoms with van der Waals surface area (Å²) in [6, 6.07) is 0. The van der Waals surface area contributed by atoms with Crippen LogP contribution in [-0.4, -0.2) is 20.3 Å². The van der Waals surface area contributed by atoms with Gasteiger partial charge in [0, 0.05) is 4.57 Å². The maximum absolute atomic E-state index is 11.1. The van der Waals surface area contributed by atoms with Crippen molar-refractivity contribution in [3.63, 3.8) is 0 Å². The van der Waals surface area contributed by atoms with E-state index in [4.69, 9.17) is 4.52 Å². The van der Waals surface area contributed by atoms with E-state index in [1.165, 1.54) is 0 Å². The second-order valence-electron chi connectivity index (χ2n) is 2.59. The first-order valence-electron chi connectivity index (χ1n) is 4.41. The minimum absolute atomic E-state index is 0.226. The van der Waals surface area contributed by atoms with Crippen LogP contribution in [-0.2, 0) is 24.7 Å². The Balaban J connectivity index is 4.51. The molecule has 0 saturated heterocycles. The molecular formula is C7H15O5PS. The molecule has 0 aromatic heterocycles. The zero-order valence-electron chi connectivity index (χ0n) is 8.52. The SMILES string of the molecule is CCO[P+](=O)OC(CC)(CC)S(=O)[O-]. The van der Waals surface area contributed by atoms with Crippen LogP contribution in [0.15, 0.2) is 0 Å². The van der Waals surface area contributed by atoms with Crippen LogP contribution < -0.4 is 0 Å². The second-order valence-corrected chi connectivity index (χ2v) is 4.69. The third-order valence-corrected chi connectivity index (χ3v) is 4.22. The summed E-state index contributed by atoms with van der Waals surface area (Å²) < 4.78 is 42.5. The summed E-state index contributed by atoms with van der Waals surface area (Å²) in [6.45, 7) is 5.21. The minimum atomic E-state index is -2.42. The van der Waals surface area contributed by atoms with Crippen molar-refractivity contribution in [2.45, 2.75) is 38.5 Å². The van der Waals surface area contributed by atoms with Crippen molar-refractivity contribution in [2.24, 2.45) is 0 Å². The Kier molecular flexibility index (Phi) is 6.64. The van der Waals surface area contributed by atoms with Gasteiger partial charge in [0.15, 0.2) is 4.93 Å². The highest BCUT2D eigenvalue weighted by Crippen LogP contribution is 2.36. The number of rotatable bonds is 7. The summed E-state index contributed by atoms with van der Waals surface area (Å²) in [6.07, 6.45) is 0.488. The highest BCUT2D eigenvalue weighted by atomic mass is 32.2. The van der Waals surface area contributed by atoms with Crippen molar-refractivity contribution in [3.8, 4) is 0 Å². The number of hydrogen-bond donors (Lipinski definition) is 0. The summed E-state index contributed by atoms with van der Waals surface area (Å²) in [5, 5.41) is 0. The average Bonchev–Trinajstić information content (AvgIpc) is 2.14. The van der Waals surface area contributed by atoms with E-state index in [0.717, 1.165) is 0 Å². The molecule has 0 aromatic carbocycles. The highest BCUT2D eigenvalue weighted by Gasteiger charge is 2.40. The highest BCUT2D eigenvalue weighted by molar-refractivity contribution is 7.80. The molecule has 0 aromatic rings. The van der Waals surface area contributed by atoms with E-state index in [9.17, 15) is 13.3 Å². The molecule has 0 aliphatic carbocycles. The fraction of sp³-hybridized carbons (Fsp3) is 1.00. The van der Waals surface area contributed by atoms with Crippen molar-refractivity contribution in [3.05, 3.63) is 0 Å². The first-order chi connectivity index (χ1) is 6.52. The van der Waals surface area contributed by atoms with Crippen molar-refractivity contribution >= 4 is 19.3 Å². The summed E-state index contributed by atoms with van der Waals surface area (Å²) in [4.78, 5) is -1.39. The maximum atomic E-state index is 11.1.